The Bertz CT molecular complexity index is 612. The van der Waals surface area contributed by atoms with Crippen molar-refractivity contribution in [2.24, 2.45) is 0 Å². The molecule has 1 unspecified atom stereocenters. The predicted octanol–water partition coefficient (Wildman–Crippen LogP) is 2.18. The topological polar surface area (TPSA) is 77.2 Å². The summed E-state index contributed by atoms with van der Waals surface area (Å²) in [6.07, 6.45) is 0.589. The monoisotopic (exact) mass is 323 g/mol. The lowest BCUT2D eigenvalue weighted by molar-refractivity contribution is -0.0458. The zero-order chi connectivity index (χ0) is 15.5. The number of aromatic nitrogens is 4. The Hall–Kier alpha value is -1.38. The standard InChI is InChI=1S/C14H21N5O2S/c1-4-11-16-17-14(21-11)10-7-19(5-6-20-10)8-12-15-13(9(2)3)18-22-12/h9-10H,4-8H2,1-3H3. The lowest BCUT2D eigenvalue weighted by Gasteiger charge is -2.30. The molecule has 2 aromatic heterocycles. The molecule has 8 heteroatoms. The zero-order valence-corrected chi connectivity index (χ0v) is 14.0. The molecule has 0 amide bonds. The number of ether oxygens (including phenoxy) is 1. The molecular weight excluding hydrogens is 302 g/mol. The van der Waals surface area contributed by atoms with Crippen LogP contribution in [-0.4, -0.2) is 44.2 Å². The Kier molecular flexibility index (Phi) is 4.80. The minimum absolute atomic E-state index is 0.154. The average Bonchev–Trinajstić information content (AvgIpc) is 3.16. The lowest BCUT2D eigenvalue weighted by Crippen LogP contribution is -2.37. The molecule has 7 nitrogen and oxygen atoms in total. The lowest BCUT2D eigenvalue weighted by atomic mass is 10.2. The number of nitrogens with zero attached hydrogens (tertiary/aromatic N) is 5. The Balaban J connectivity index is 1.62. The third-order valence-electron chi connectivity index (χ3n) is 3.57. The summed E-state index contributed by atoms with van der Waals surface area (Å²) in [5.74, 6) is 2.52. The highest BCUT2D eigenvalue weighted by Gasteiger charge is 2.27. The molecule has 0 bridgehead atoms. The highest BCUT2D eigenvalue weighted by atomic mass is 32.1. The van der Waals surface area contributed by atoms with E-state index in [1.165, 1.54) is 11.5 Å². The van der Waals surface area contributed by atoms with Crippen molar-refractivity contribution in [1.29, 1.82) is 0 Å². The number of hydrogen-bond donors (Lipinski definition) is 0. The Morgan fingerprint density at radius 1 is 1.36 bits per heavy atom. The Morgan fingerprint density at radius 3 is 2.91 bits per heavy atom. The van der Waals surface area contributed by atoms with Crippen molar-refractivity contribution in [1.82, 2.24) is 24.5 Å². The second-order valence-electron chi connectivity index (χ2n) is 5.68. The van der Waals surface area contributed by atoms with Crippen LogP contribution in [-0.2, 0) is 17.7 Å². The van der Waals surface area contributed by atoms with Crippen LogP contribution in [0.15, 0.2) is 4.42 Å². The smallest absolute Gasteiger partial charge is 0.246 e. The van der Waals surface area contributed by atoms with Gasteiger partial charge in [-0.1, -0.05) is 20.8 Å². The summed E-state index contributed by atoms with van der Waals surface area (Å²) in [6.45, 7) is 9.27. The van der Waals surface area contributed by atoms with Gasteiger partial charge in [0.25, 0.3) is 0 Å². The van der Waals surface area contributed by atoms with E-state index in [1.54, 1.807) is 0 Å². The number of aryl methyl sites for hydroxylation is 1. The second-order valence-corrected chi connectivity index (χ2v) is 6.52. The molecule has 120 valence electrons. The zero-order valence-electron chi connectivity index (χ0n) is 13.2. The fourth-order valence-corrected chi connectivity index (χ4v) is 3.12. The van der Waals surface area contributed by atoms with Gasteiger partial charge in [0.05, 0.1) is 13.2 Å². The normalized spacial score (nSPS) is 19.9. The van der Waals surface area contributed by atoms with E-state index in [4.69, 9.17) is 9.15 Å². The van der Waals surface area contributed by atoms with E-state index in [1.807, 2.05) is 6.92 Å². The molecule has 3 rings (SSSR count). The molecule has 0 radical (unpaired) electrons. The summed E-state index contributed by atoms with van der Waals surface area (Å²) in [6, 6.07) is 0. The van der Waals surface area contributed by atoms with Gasteiger partial charge in [0.15, 0.2) is 0 Å². The van der Waals surface area contributed by atoms with E-state index < -0.39 is 0 Å². The van der Waals surface area contributed by atoms with E-state index in [2.05, 4.69) is 38.3 Å². The van der Waals surface area contributed by atoms with Crippen molar-refractivity contribution in [2.45, 2.75) is 45.8 Å². The summed E-state index contributed by atoms with van der Waals surface area (Å²) in [5, 5.41) is 9.14. The molecule has 1 fully saturated rings. The molecule has 1 aliphatic heterocycles. The first-order chi connectivity index (χ1) is 10.7. The fourth-order valence-electron chi connectivity index (χ4n) is 2.29. The summed E-state index contributed by atoms with van der Waals surface area (Å²) in [5.41, 5.74) is 0. The van der Waals surface area contributed by atoms with Gasteiger partial charge < -0.3 is 9.15 Å². The van der Waals surface area contributed by atoms with Gasteiger partial charge in [0.1, 0.15) is 16.9 Å². The number of morpholine rings is 1. The maximum Gasteiger partial charge on any atom is 0.246 e. The number of hydrogen-bond acceptors (Lipinski definition) is 8. The van der Waals surface area contributed by atoms with Gasteiger partial charge in [-0.2, -0.15) is 4.37 Å². The van der Waals surface area contributed by atoms with Crippen LogP contribution in [0.3, 0.4) is 0 Å². The maximum atomic E-state index is 5.76. The summed E-state index contributed by atoms with van der Waals surface area (Å²) < 4.78 is 15.8. The van der Waals surface area contributed by atoms with Crippen LogP contribution in [0, 0.1) is 0 Å². The van der Waals surface area contributed by atoms with E-state index in [9.17, 15) is 0 Å². The van der Waals surface area contributed by atoms with E-state index >= 15 is 0 Å². The Labute approximate surface area is 133 Å². The first-order valence-corrected chi connectivity index (χ1v) is 8.41. The van der Waals surface area contributed by atoms with Crippen LogP contribution in [0.25, 0.3) is 0 Å². The quantitative estimate of drug-likeness (QED) is 0.834. The molecule has 2 aromatic rings. The van der Waals surface area contributed by atoms with Gasteiger partial charge in [-0.05, 0) is 11.5 Å². The first kappa shape index (κ1) is 15.5. The molecule has 1 atom stereocenters. The third kappa shape index (κ3) is 3.50. The van der Waals surface area contributed by atoms with Gasteiger partial charge in [-0.25, -0.2) is 4.98 Å². The summed E-state index contributed by atoms with van der Waals surface area (Å²) in [7, 11) is 0. The average molecular weight is 323 g/mol. The van der Waals surface area contributed by atoms with Crippen LogP contribution in [0.5, 0.6) is 0 Å². The van der Waals surface area contributed by atoms with Crippen LogP contribution in [0.1, 0.15) is 55.4 Å². The van der Waals surface area contributed by atoms with Crippen LogP contribution in [0.2, 0.25) is 0 Å². The van der Waals surface area contributed by atoms with Crippen molar-refractivity contribution in [3.63, 3.8) is 0 Å². The molecule has 1 aliphatic rings. The molecule has 0 spiro atoms. The molecule has 0 saturated carbocycles. The van der Waals surface area contributed by atoms with Gasteiger partial charge in [-0.15, -0.1) is 10.2 Å². The van der Waals surface area contributed by atoms with Crippen LogP contribution < -0.4 is 0 Å². The van der Waals surface area contributed by atoms with Crippen LogP contribution >= 0.6 is 11.5 Å². The predicted molar refractivity (Wildman–Crippen MR) is 81.6 cm³/mol. The SMILES string of the molecule is CCc1nnc(C2CN(Cc3nc(C(C)C)ns3)CCO2)o1. The van der Waals surface area contributed by atoms with Gasteiger partial charge in [0, 0.05) is 25.4 Å². The van der Waals surface area contributed by atoms with E-state index in [-0.39, 0.29) is 6.10 Å². The largest absolute Gasteiger partial charge is 0.422 e. The minimum Gasteiger partial charge on any atom is -0.422 e. The fraction of sp³-hybridized carbons (Fsp3) is 0.714. The van der Waals surface area contributed by atoms with Crippen molar-refractivity contribution in [2.75, 3.05) is 19.7 Å². The molecule has 1 saturated heterocycles. The molecular formula is C14H21N5O2S. The third-order valence-corrected chi connectivity index (χ3v) is 4.28. The summed E-state index contributed by atoms with van der Waals surface area (Å²) >= 11 is 1.48. The highest BCUT2D eigenvalue weighted by Crippen LogP contribution is 2.23. The second kappa shape index (κ2) is 6.80. The van der Waals surface area contributed by atoms with Gasteiger partial charge in [-0.3, -0.25) is 4.90 Å². The maximum absolute atomic E-state index is 5.76. The van der Waals surface area contributed by atoms with Gasteiger partial charge in [0.2, 0.25) is 11.8 Å². The molecule has 0 aliphatic carbocycles. The van der Waals surface area contributed by atoms with Crippen molar-refractivity contribution in [3.8, 4) is 0 Å². The molecule has 3 heterocycles. The molecule has 0 aromatic carbocycles. The first-order valence-electron chi connectivity index (χ1n) is 7.64. The molecule has 0 N–H and O–H groups in total. The van der Waals surface area contributed by atoms with Gasteiger partial charge >= 0.3 is 0 Å². The van der Waals surface area contributed by atoms with Crippen molar-refractivity contribution >= 4 is 11.5 Å². The Morgan fingerprint density at radius 2 is 2.23 bits per heavy atom. The summed E-state index contributed by atoms with van der Waals surface area (Å²) in [4.78, 5) is 6.89. The minimum atomic E-state index is -0.154. The van der Waals surface area contributed by atoms with Crippen molar-refractivity contribution < 1.29 is 9.15 Å². The van der Waals surface area contributed by atoms with E-state index in [0.717, 1.165) is 36.9 Å². The van der Waals surface area contributed by atoms with Crippen molar-refractivity contribution in [3.05, 3.63) is 22.6 Å². The van der Waals surface area contributed by atoms with Crippen LogP contribution in [0.4, 0.5) is 0 Å². The number of rotatable bonds is 5. The van der Waals surface area contributed by atoms with E-state index in [0.29, 0.717) is 24.3 Å². The molecule has 22 heavy (non-hydrogen) atoms. The highest BCUT2D eigenvalue weighted by molar-refractivity contribution is 7.05.